The van der Waals surface area contributed by atoms with E-state index in [2.05, 4.69) is 17.6 Å². The molecule has 0 unspecified atom stereocenters. The summed E-state index contributed by atoms with van der Waals surface area (Å²) in [5, 5.41) is 5.51. The van der Waals surface area contributed by atoms with Gasteiger partial charge >= 0.3 is 6.09 Å². The highest BCUT2D eigenvalue weighted by molar-refractivity contribution is 5.95. The van der Waals surface area contributed by atoms with Crippen LogP contribution in [0.2, 0.25) is 0 Å². The molecule has 122 valence electrons. The van der Waals surface area contributed by atoms with Crippen molar-refractivity contribution in [2.45, 2.75) is 52.6 Å². The van der Waals surface area contributed by atoms with Gasteiger partial charge in [-0.2, -0.15) is 0 Å². The van der Waals surface area contributed by atoms with Crippen molar-refractivity contribution in [3.63, 3.8) is 0 Å². The number of rotatable bonds is 6. The molecule has 0 saturated heterocycles. The molecule has 1 aromatic carbocycles. The molecule has 0 spiro atoms. The maximum atomic E-state index is 11.9. The van der Waals surface area contributed by atoms with Crippen LogP contribution in [0.5, 0.6) is 0 Å². The van der Waals surface area contributed by atoms with E-state index in [4.69, 9.17) is 4.74 Å². The third-order valence-corrected chi connectivity index (χ3v) is 2.86. The number of hydrogen-bond acceptors (Lipinski definition) is 3. The van der Waals surface area contributed by atoms with Crippen molar-refractivity contribution in [2.75, 3.05) is 11.9 Å². The minimum Gasteiger partial charge on any atom is -0.444 e. The van der Waals surface area contributed by atoms with Crippen molar-refractivity contribution in [3.05, 3.63) is 29.8 Å². The Labute approximate surface area is 132 Å². The highest BCUT2D eigenvalue weighted by Gasteiger charge is 2.16. The molecule has 0 atom stereocenters. The maximum absolute atomic E-state index is 11.9. The van der Waals surface area contributed by atoms with Gasteiger partial charge in [0.15, 0.2) is 0 Å². The zero-order valence-corrected chi connectivity index (χ0v) is 13.9. The molecule has 0 aliphatic rings. The van der Waals surface area contributed by atoms with Crippen LogP contribution in [-0.2, 0) is 4.74 Å². The van der Waals surface area contributed by atoms with Gasteiger partial charge in [-0.05, 0) is 51.5 Å². The number of carbonyl (C=O) groups is 2. The van der Waals surface area contributed by atoms with Crippen molar-refractivity contribution in [1.29, 1.82) is 0 Å². The van der Waals surface area contributed by atoms with Crippen molar-refractivity contribution < 1.29 is 14.3 Å². The molecule has 5 heteroatoms. The third kappa shape index (κ3) is 7.11. The van der Waals surface area contributed by atoms with Crippen molar-refractivity contribution in [2.24, 2.45) is 0 Å². The molecule has 0 bridgehead atoms. The Morgan fingerprint density at radius 3 is 2.27 bits per heavy atom. The van der Waals surface area contributed by atoms with Gasteiger partial charge in [0.05, 0.1) is 0 Å². The van der Waals surface area contributed by atoms with Crippen LogP contribution >= 0.6 is 0 Å². The van der Waals surface area contributed by atoms with E-state index in [1.54, 1.807) is 45.0 Å². The number of carbonyl (C=O) groups excluding carboxylic acids is 2. The largest absolute Gasteiger partial charge is 0.444 e. The van der Waals surface area contributed by atoms with Crippen LogP contribution in [0.25, 0.3) is 0 Å². The van der Waals surface area contributed by atoms with Gasteiger partial charge in [0.2, 0.25) is 0 Å². The molecule has 22 heavy (non-hydrogen) atoms. The molecular weight excluding hydrogens is 280 g/mol. The zero-order chi connectivity index (χ0) is 16.6. The molecule has 0 saturated carbocycles. The standard InChI is InChI=1S/C17H26N2O3/c1-5-6-7-12-18-15(20)13-8-10-14(11-9-13)19-16(21)22-17(2,3)4/h8-11H,5-7,12H2,1-4H3,(H,18,20)(H,19,21). The van der Waals surface area contributed by atoms with Gasteiger partial charge in [-0.15, -0.1) is 0 Å². The average molecular weight is 306 g/mol. The van der Waals surface area contributed by atoms with Crippen molar-refractivity contribution >= 4 is 17.7 Å². The molecular formula is C17H26N2O3. The smallest absolute Gasteiger partial charge is 0.412 e. The number of nitrogens with one attached hydrogen (secondary N) is 2. The molecule has 0 aliphatic heterocycles. The first-order chi connectivity index (χ1) is 10.3. The van der Waals surface area contributed by atoms with Crippen LogP contribution < -0.4 is 10.6 Å². The number of anilines is 1. The topological polar surface area (TPSA) is 67.4 Å². The summed E-state index contributed by atoms with van der Waals surface area (Å²) in [6.45, 7) is 8.22. The first-order valence-corrected chi connectivity index (χ1v) is 7.70. The average Bonchev–Trinajstić information content (AvgIpc) is 2.42. The summed E-state index contributed by atoms with van der Waals surface area (Å²) in [6, 6.07) is 6.74. The minimum absolute atomic E-state index is 0.0973. The van der Waals surface area contributed by atoms with E-state index >= 15 is 0 Å². The van der Waals surface area contributed by atoms with Gasteiger partial charge in [-0.3, -0.25) is 10.1 Å². The van der Waals surface area contributed by atoms with Gasteiger partial charge in [0, 0.05) is 17.8 Å². The summed E-state index contributed by atoms with van der Waals surface area (Å²) < 4.78 is 5.17. The molecule has 5 nitrogen and oxygen atoms in total. The highest BCUT2D eigenvalue weighted by Crippen LogP contribution is 2.13. The Bertz CT molecular complexity index is 490. The second-order valence-electron chi connectivity index (χ2n) is 6.17. The van der Waals surface area contributed by atoms with Crippen LogP contribution in [0.1, 0.15) is 57.3 Å². The van der Waals surface area contributed by atoms with E-state index in [1.165, 1.54) is 0 Å². The molecule has 0 aromatic heterocycles. The van der Waals surface area contributed by atoms with E-state index in [0.29, 0.717) is 17.8 Å². The fourth-order valence-corrected chi connectivity index (χ4v) is 1.81. The van der Waals surface area contributed by atoms with Gasteiger partial charge in [0.25, 0.3) is 5.91 Å². The number of ether oxygens (including phenoxy) is 1. The lowest BCUT2D eigenvalue weighted by atomic mass is 10.2. The summed E-state index contributed by atoms with van der Waals surface area (Å²) >= 11 is 0. The number of hydrogen-bond donors (Lipinski definition) is 2. The fourth-order valence-electron chi connectivity index (χ4n) is 1.81. The Kier molecular flexibility index (Phi) is 6.89. The summed E-state index contributed by atoms with van der Waals surface area (Å²) in [4.78, 5) is 23.5. The second-order valence-corrected chi connectivity index (χ2v) is 6.17. The lowest BCUT2D eigenvalue weighted by Crippen LogP contribution is -2.27. The highest BCUT2D eigenvalue weighted by atomic mass is 16.6. The lowest BCUT2D eigenvalue weighted by molar-refractivity contribution is 0.0635. The number of benzene rings is 1. The van der Waals surface area contributed by atoms with Crippen molar-refractivity contribution in [1.82, 2.24) is 5.32 Å². The van der Waals surface area contributed by atoms with E-state index in [-0.39, 0.29) is 5.91 Å². The molecule has 0 heterocycles. The van der Waals surface area contributed by atoms with E-state index < -0.39 is 11.7 Å². The fraction of sp³-hybridized carbons (Fsp3) is 0.529. The minimum atomic E-state index is -0.539. The SMILES string of the molecule is CCCCCNC(=O)c1ccc(NC(=O)OC(C)(C)C)cc1. The van der Waals surface area contributed by atoms with E-state index in [9.17, 15) is 9.59 Å². The van der Waals surface area contributed by atoms with Gasteiger partial charge in [0.1, 0.15) is 5.60 Å². The Morgan fingerprint density at radius 2 is 1.73 bits per heavy atom. The Hall–Kier alpha value is -2.04. The monoisotopic (exact) mass is 306 g/mol. The summed E-state index contributed by atoms with van der Waals surface area (Å²) in [6.07, 6.45) is 2.71. The maximum Gasteiger partial charge on any atom is 0.412 e. The zero-order valence-electron chi connectivity index (χ0n) is 13.9. The van der Waals surface area contributed by atoms with Crippen LogP contribution in [0.3, 0.4) is 0 Å². The normalized spacial score (nSPS) is 10.9. The summed E-state index contributed by atoms with van der Waals surface area (Å²) in [7, 11) is 0. The summed E-state index contributed by atoms with van der Waals surface area (Å²) in [5.74, 6) is -0.0973. The third-order valence-electron chi connectivity index (χ3n) is 2.86. The molecule has 0 fully saturated rings. The van der Waals surface area contributed by atoms with Gasteiger partial charge in [-0.25, -0.2) is 4.79 Å². The number of amides is 2. The predicted molar refractivity (Wildman–Crippen MR) is 88.2 cm³/mol. The molecule has 0 aliphatic carbocycles. The van der Waals surface area contributed by atoms with E-state index in [0.717, 1.165) is 19.3 Å². The predicted octanol–water partition coefficient (Wildman–Crippen LogP) is 3.95. The first kappa shape index (κ1) is 18.0. The van der Waals surface area contributed by atoms with Crippen LogP contribution in [0.4, 0.5) is 10.5 Å². The Morgan fingerprint density at radius 1 is 1.09 bits per heavy atom. The van der Waals surface area contributed by atoms with Gasteiger partial charge in [-0.1, -0.05) is 19.8 Å². The molecule has 1 rings (SSSR count). The quantitative estimate of drug-likeness (QED) is 0.782. The number of unbranched alkanes of at least 4 members (excludes halogenated alkanes) is 2. The molecule has 2 N–H and O–H groups in total. The molecule has 2 amide bonds. The van der Waals surface area contributed by atoms with Crippen LogP contribution in [0, 0.1) is 0 Å². The second kappa shape index (κ2) is 8.41. The van der Waals surface area contributed by atoms with Gasteiger partial charge < -0.3 is 10.1 Å². The molecule has 1 aromatic rings. The Balaban J connectivity index is 2.48. The summed E-state index contributed by atoms with van der Waals surface area (Å²) in [5.41, 5.74) is 0.630. The first-order valence-electron chi connectivity index (χ1n) is 7.70. The molecule has 0 radical (unpaired) electrons. The van der Waals surface area contributed by atoms with Crippen LogP contribution in [0.15, 0.2) is 24.3 Å². The van der Waals surface area contributed by atoms with Crippen LogP contribution in [-0.4, -0.2) is 24.1 Å². The lowest BCUT2D eigenvalue weighted by Gasteiger charge is -2.19. The van der Waals surface area contributed by atoms with Crippen molar-refractivity contribution in [3.8, 4) is 0 Å². The van der Waals surface area contributed by atoms with E-state index in [1.807, 2.05) is 0 Å².